The molecule has 1 aromatic heterocycles. The third kappa shape index (κ3) is 2.55. The van der Waals surface area contributed by atoms with Crippen LogP contribution in [0.2, 0.25) is 5.02 Å². The fourth-order valence-electron chi connectivity index (χ4n) is 1.50. The van der Waals surface area contributed by atoms with Crippen LogP contribution in [-0.4, -0.2) is 16.7 Å². The second-order valence-corrected chi connectivity index (χ2v) is 4.54. The van der Waals surface area contributed by atoms with Crippen molar-refractivity contribution in [2.45, 2.75) is 6.04 Å². The van der Waals surface area contributed by atoms with Crippen molar-refractivity contribution in [2.24, 2.45) is 5.84 Å². The average molecular weight is 271 g/mol. The van der Waals surface area contributed by atoms with E-state index in [1.807, 2.05) is 12.1 Å². The summed E-state index contributed by atoms with van der Waals surface area (Å²) in [5.74, 6) is 6.17. The number of ether oxygens (including phenoxy) is 1. The molecule has 1 unspecified atom stereocenters. The van der Waals surface area contributed by atoms with E-state index >= 15 is 0 Å². The number of nitrogens with one attached hydrogen (secondary N) is 1. The summed E-state index contributed by atoms with van der Waals surface area (Å²) >= 11 is 7.26. The fourth-order valence-corrected chi connectivity index (χ4v) is 2.29. The van der Waals surface area contributed by atoms with E-state index in [0.29, 0.717) is 10.8 Å². The first kappa shape index (κ1) is 12.3. The number of nitrogens with zero attached hydrogens (tertiary/aromatic N) is 2. The molecule has 0 saturated heterocycles. The number of aromatic nitrogens is 2. The quantitative estimate of drug-likeness (QED) is 0.654. The maximum atomic E-state index is 5.97. The predicted molar refractivity (Wildman–Crippen MR) is 67.1 cm³/mol. The van der Waals surface area contributed by atoms with Gasteiger partial charge in [-0.25, -0.2) is 5.43 Å². The van der Waals surface area contributed by atoms with E-state index < -0.39 is 0 Å². The number of hydrazine groups is 1. The third-order valence-electron chi connectivity index (χ3n) is 2.34. The van der Waals surface area contributed by atoms with Gasteiger partial charge in [-0.15, -0.1) is 5.10 Å². The van der Waals surface area contributed by atoms with Crippen molar-refractivity contribution in [1.82, 2.24) is 15.0 Å². The van der Waals surface area contributed by atoms with E-state index in [0.717, 1.165) is 10.4 Å². The topological polar surface area (TPSA) is 73.1 Å². The summed E-state index contributed by atoms with van der Waals surface area (Å²) in [5.41, 5.74) is 3.67. The third-order valence-corrected chi connectivity index (χ3v) is 3.38. The average Bonchev–Trinajstić information content (AvgIpc) is 2.86. The minimum Gasteiger partial charge on any atom is -0.495 e. The van der Waals surface area contributed by atoms with Gasteiger partial charge in [-0.05, 0) is 29.2 Å². The fraction of sp³-hybridized carbons (Fsp3) is 0.200. The summed E-state index contributed by atoms with van der Waals surface area (Å²) in [7, 11) is 1.57. The van der Waals surface area contributed by atoms with Crippen molar-refractivity contribution >= 4 is 23.1 Å². The lowest BCUT2D eigenvalue weighted by Gasteiger charge is -2.15. The van der Waals surface area contributed by atoms with Crippen LogP contribution in [0.1, 0.15) is 16.5 Å². The molecule has 2 rings (SSSR count). The molecule has 5 nitrogen and oxygen atoms in total. The highest BCUT2D eigenvalue weighted by molar-refractivity contribution is 7.05. The Balaban J connectivity index is 2.38. The van der Waals surface area contributed by atoms with Crippen molar-refractivity contribution in [2.75, 3.05) is 7.11 Å². The molecule has 7 heteroatoms. The van der Waals surface area contributed by atoms with Crippen molar-refractivity contribution in [1.29, 1.82) is 0 Å². The molecule has 17 heavy (non-hydrogen) atoms. The van der Waals surface area contributed by atoms with Gasteiger partial charge >= 0.3 is 0 Å². The van der Waals surface area contributed by atoms with Gasteiger partial charge in [0.1, 0.15) is 5.75 Å². The van der Waals surface area contributed by atoms with Crippen LogP contribution in [0.5, 0.6) is 5.75 Å². The molecule has 2 aromatic rings. The minimum absolute atomic E-state index is 0.166. The molecule has 0 fully saturated rings. The number of hydrogen-bond donors (Lipinski definition) is 2. The maximum absolute atomic E-state index is 5.97. The van der Waals surface area contributed by atoms with Crippen LogP contribution in [0, 0.1) is 0 Å². The molecule has 0 aliphatic carbocycles. The van der Waals surface area contributed by atoms with E-state index in [4.69, 9.17) is 22.2 Å². The lowest BCUT2D eigenvalue weighted by Crippen LogP contribution is -2.28. The van der Waals surface area contributed by atoms with Gasteiger partial charge in [-0.2, -0.15) is 0 Å². The molecule has 0 aliphatic heterocycles. The first-order valence-electron chi connectivity index (χ1n) is 4.83. The zero-order valence-electron chi connectivity index (χ0n) is 9.05. The standard InChI is InChI=1S/C10H11ClN4OS/c1-16-8-4-6(2-3-7(8)11)10(14-12)9-5-13-15-17-9/h2-5,10,14H,12H2,1H3. The molecule has 0 saturated carbocycles. The van der Waals surface area contributed by atoms with Crippen molar-refractivity contribution in [3.8, 4) is 5.75 Å². The van der Waals surface area contributed by atoms with E-state index in [1.165, 1.54) is 11.5 Å². The normalized spacial score (nSPS) is 12.4. The second kappa shape index (κ2) is 5.42. The van der Waals surface area contributed by atoms with Crippen LogP contribution in [0.4, 0.5) is 0 Å². The van der Waals surface area contributed by atoms with Gasteiger partial charge in [0.05, 0.1) is 29.2 Å². The summed E-state index contributed by atoms with van der Waals surface area (Å²) in [4.78, 5) is 0.928. The molecule has 0 bridgehead atoms. The van der Waals surface area contributed by atoms with Crippen LogP contribution in [0.25, 0.3) is 0 Å². The monoisotopic (exact) mass is 270 g/mol. The molecule has 90 valence electrons. The number of methoxy groups -OCH3 is 1. The van der Waals surface area contributed by atoms with Crippen LogP contribution < -0.4 is 16.0 Å². The Bertz CT molecular complexity index is 491. The first-order chi connectivity index (χ1) is 8.26. The summed E-state index contributed by atoms with van der Waals surface area (Å²) < 4.78 is 8.98. The molecule has 0 amide bonds. The molecule has 0 spiro atoms. The molecule has 3 N–H and O–H groups in total. The number of benzene rings is 1. The Morgan fingerprint density at radius 3 is 2.94 bits per heavy atom. The van der Waals surface area contributed by atoms with Gasteiger partial charge < -0.3 is 4.74 Å². The van der Waals surface area contributed by atoms with Crippen LogP contribution in [0.3, 0.4) is 0 Å². The SMILES string of the molecule is COc1cc(C(NN)c2cnns2)ccc1Cl. The maximum Gasteiger partial charge on any atom is 0.137 e. The lowest BCUT2D eigenvalue weighted by atomic mass is 10.1. The summed E-state index contributed by atoms with van der Waals surface area (Å²) in [6, 6.07) is 5.33. The van der Waals surface area contributed by atoms with Crippen molar-refractivity contribution < 1.29 is 4.74 Å². The number of hydrogen-bond acceptors (Lipinski definition) is 6. The smallest absolute Gasteiger partial charge is 0.137 e. The highest BCUT2D eigenvalue weighted by atomic mass is 35.5. The first-order valence-corrected chi connectivity index (χ1v) is 5.98. The minimum atomic E-state index is -0.166. The number of nitrogens with two attached hydrogens (primary N) is 1. The van der Waals surface area contributed by atoms with E-state index in [9.17, 15) is 0 Å². The highest BCUT2D eigenvalue weighted by Crippen LogP contribution is 2.30. The van der Waals surface area contributed by atoms with Crippen LogP contribution in [-0.2, 0) is 0 Å². The molecule has 1 heterocycles. The number of halogens is 1. The van der Waals surface area contributed by atoms with E-state index in [2.05, 4.69) is 15.0 Å². The second-order valence-electron chi connectivity index (χ2n) is 3.31. The van der Waals surface area contributed by atoms with Gasteiger partial charge in [0.25, 0.3) is 0 Å². The van der Waals surface area contributed by atoms with Crippen molar-refractivity contribution in [3.63, 3.8) is 0 Å². The Morgan fingerprint density at radius 2 is 2.35 bits per heavy atom. The molecule has 1 aromatic carbocycles. The van der Waals surface area contributed by atoms with E-state index in [1.54, 1.807) is 19.4 Å². The summed E-state index contributed by atoms with van der Waals surface area (Å²) in [5, 5.41) is 4.36. The van der Waals surface area contributed by atoms with E-state index in [-0.39, 0.29) is 6.04 Å². The Kier molecular flexibility index (Phi) is 3.90. The van der Waals surface area contributed by atoms with Gasteiger partial charge in [-0.3, -0.25) is 5.84 Å². The zero-order chi connectivity index (χ0) is 12.3. The lowest BCUT2D eigenvalue weighted by molar-refractivity contribution is 0.414. The highest BCUT2D eigenvalue weighted by Gasteiger charge is 2.16. The van der Waals surface area contributed by atoms with Gasteiger partial charge in [0.15, 0.2) is 0 Å². The number of rotatable bonds is 4. The molecule has 1 atom stereocenters. The predicted octanol–water partition coefficient (Wildman–Crippen LogP) is 1.75. The zero-order valence-corrected chi connectivity index (χ0v) is 10.6. The Morgan fingerprint density at radius 1 is 1.53 bits per heavy atom. The Labute approximate surface area is 108 Å². The summed E-state index contributed by atoms with van der Waals surface area (Å²) in [6.07, 6.45) is 1.68. The molecular weight excluding hydrogens is 260 g/mol. The van der Waals surface area contributed by atoms with Gasteiger partial charge in [-0.1, -0.05) is 22.2 Å². The van der Waals surface area contributed by atoms with Gasteiger partial charge in [0.2, 0.25) is 0 Å². The summed E-state index contributed by atoms with van der Waals surface area (Å²) in [6.45, 7) is 0. The largest absolute Gasteiger partial charge is 0.495 e. The molecule has 0 aliphatic rings. The van der Waals surface area contributed by atoms with Crippen LogP contribution >= 0.6 is 23.1 Å². The Hall–Kier alpha value is -1.21. The molecule has 0 radical (unpaired) electrons. The van der Waals surface area contributed by atoms with Crippen molar-refractivity contribution in [3.05, 3.63) is 39.9 Å². The van der Waals surface area contributed by atoms with Gasteiger partial charge in [0, 0.05) is 0 Å². The molecular formula is C10H11ClN4OS. The van der Waals surface area contributed by atoms with Crippen LogP contribution in [0.15, 0.2) is 24.4 Å².